The van der Waals surface area contributed by atoms with Crippen LogP contribution in [0.25, 0.3) is 16.9 Å². The molecule has 0 radical (unpaired) electrons. The summed E-state index contributed by atoms with van der Waals surface area (Å²) in [5.41, 5.74) is 2.40. The van der Waals surface area contributed by atoms with E-state index < -0.39 is 0 Å². The van der Waals surface area contributed by atoms with Crippen molar-refractivity contribution in [3.05, 3.63) is 48.4 Å². The lowest BCUT2D eigenvalue weighted by molar-refractivity contribution is 0.280. The third-order valence-corrected chi connectivity index (χ3v) is 3.73. The van der Waals surface area contributed by atoms with Crippen molar-refractivity contribution in [3.63, 3.8) is 0 Å². The van der Waals surface area contributed by atoms with Gasteiger partial charge in [0, 0.05) is 11.6 Å². The normalized spacial score (nSPS) is 11.3. The van der Waals surface area contributed by atoms with Gasteiger partial charge in [-0.25, -0.2) is 13.9 Å². The highest BCUT2D eigenvalue weighted by atomic mass is 19.1. The summed E-state index contributed by atoms with van der Waals surface area (Å²) in [7, 11) is 4.12. The first-order valence-corrected chi connectivity index (χ1v) is 8.02. The van der Waals surface area contributed by atoms with Gasteiger partial charge in [0.1, 0.15) is 5.82 Å². The van der Waals surface area contributed by atoms with E-state index in [2.05, 4.69) is 29.1 Å². The zero-order valence-corrected chi connectivity index (χ0v) is 13.9. The molecule has 6 heteroatoms. The molecular formula is C18H21FN4O. The fourth-order valence-corrected chi connectivity index (χ4v) is 2.46. The largest absolute Gasteiger partial charge is 0.477 e. The number of rotatable bonds is 7. The molecule has 0 amide bonds. The summed E-state index contributed by atoms with van der Waals surface area (Å²) in [4.78, 5) is 6.49. The van der Waals surface area contributed by atoms with Crippen LogP contribution in [0.1, 0.15) is 12.8 Å². The molecule has 2 heterocycles. The molecule has 0 N–H and O–H groups in total. The number of aromatic nitrogens is 3. The van der Waals surface area contributed by atoms with Crippen LogP contribution in [0.4, 0.5) is 4.39 Å². The van der Waals surface area contributed by atoms with Crippen molar-refractivity contribution < 1.29 is 9.13 Å². The second-order valence-corrected chi connectivity index (χ2v) is 5.95. The summed E-state index contributed by atoms with van der Waals surface area (Å²) >= 11 is 0. The molecule has 0 fully saturated rings. The maximum Gasteiger partial charge on any atom is 0.231 e. The fourth-order valence-electron chi connectivity index (χ4n) is 2.46. The number of imidazole rings is 1. The molecule has 1 aromatic carbocycles. The van der Waals surface area contributed by atoms with Gasteiger partial charge in [-0.2, -0.15) is 0 Å². The molecule has 0 saturated carbocycles. The molecule has 2 aromatic heterocycles. The highest BCUT2D eigenvalue weighted by molar-refractivity contribution is 5.62. The average molecular weight is 328 g/mol. The lowest BCUT2D eigenvalue weighted by Crippen LogP contribution is -2.14. The number of halogens is 1. The predicted molar refractivity (Wildman–Crippen MR) is 91.7 cm³/mol. The van der Waals surface area contributed by atoms with Crippen LogP contribution >= 0.6 is 0 Å². The van der Waals surface area contributed by atoms with Gasteiger partial charge in [0.2, 0.25) is 5.88 Å². The number of nitrogens with zero attached hydrogens (tertiary/aromatic N) is 4. The van der Waals surface area contributed by atoms with E-state index in [1.54, 1.807) is 22.8 Å². The van der Waals surface area contributed by atoms with Crippen LogP contribution in [-0.2, 0) is 0 Å². The van der Waals surface area contributed by atoms with Gasteiger partial charge in [-0.1, -0.05) is 0 Å². The van der Waals surface area contributed by atoms with Crippen LogP contribution in [0, 0.1) is 5.82 Å². The van der Waals surface area contributed by atoms with Crippen LogP contribution in [0.2, 0.25) is 0 Å². The van der Waals surface area contributed by atoms with Crippen LogP contribution in [0.3, 0.4) is 0 Å². The van der Waals surface area contributed by atoms with Crippen molar-refractivity contribution >= 4 is 5.65 Å². The summed E-state index contributed by atoms with van der Waals surface area (Å²) in [5.74, 6) is 0.302. The third-order valence-electron chi connectivity index (χ3n) is 3.73. The minimum absolute atomic E-state index is 0.262. The Morgan fingerprint density at radius 3 is 2.62 bits per heavy atom. The Hall–Kier alpha value is -2.47. The molecule has 24 heavy (non-hydrogen) atoms. The van der Waals surface area contributed by atoms with Crippen LogP contribution in [0.5, 0.6) is 5.88 Å². The molecule has 0 aliphatic rings. The lowest BCUT2D eigenvalue weighted by Gasteiger charge is -2.09. The van der Waals surface area contributed by atoms with E-state index in [1.807, 2.05) is 12.1 Å². The van der Waals surface area contributed by atoms with E-state index in [9.17, 15) is 4.39 Å². The SMILES string of the molecule is CN(C)CCCCOc1ccc2ncc(-c3ccc(F)cc3)n2n1. The van der Waals surface area contributed by atoms with Crippen molar-refractivity contribution in [3.8, 4) is 17.1 Å². The number of benzene rings is 1. The molecule has 126 valence electrons. The number of fused-ring (bicyclic) bond motifs is 1. The van der Waals surface area contributed by atoms with Crippen LogP contribution in [0.15, 0.2) is 42.6 Å². The highest BCUT2D eigenvalue weighted by Crippen LogP contribution is 2.21. The molecular weight excluding hydrogens is 307 g/mol. The number of ether oxygens (including phenoxy) is 1. The molecule has 0 spiro atoms. The second kappa shape index (κ2) is 7.40. The van der Waals surface area contributed by atoms with E-state index in [4.69, 9.17) is 4.74 Å². The van der Waals surface area contributed by atoms with E-state index in [1.165, 1.54) is 12.1 Å². The van der Waals surface area contributed by atoms with Gasteiger partial charge < -0.3 is 9.64 Å². The fraction of sp³-hybridized carbons (Fsp3) is 0.333. The quantitative estimate of drug-likeness (QED) is 0.624. The topological polar surface area (TPSA) is 42.7 Å². The average Bonchev–Trinajstić information content (AvgIpc) is 2.98. The summed E-state index contributed by atoms with van der Waals surface area (Å²) in [5, 5.41) is 4.49. The number of unbranched alkanes of at least 4 members (excludes halogenated alkanes) is 1. The molecule has 3 aromatic rings. The van der Waals surface area contributed by atoms with Gasteiger partial charge >= 0.3 is 0 Å². The monoisotopic (exact) mass is 328 g/mol. The highest BCUT2D eigenvalue weighted by Gasteiger charge is 2.08. The molecule has 0 aliphatic heterocycles. The number of hydrogen-bond acceptors (Lipinski definition) is 4. The Morgan fingerprint density at radius 2 is 1.88 bits per heavy atom. The van der Waals surface area contributed by atoms with E-state index in [0.29, 0.717) is 12.5 Å². The number of hydrogen-bond donors (Lipinski definition) is 0. The summed E-state index contributed by atoms with van der Waals surface area (Å²) < 4.78 is 20.6. The molecule has 0 aliphatic carbocycles. The van der Waals surface area contributed by atoms with Crippen molar-refractivity contribution in [2.75, 3.05) is 27.2 Å². The Labute approximate surface area is 140 Å². The van der Waals surface area contributed by atoms with E-state index in [-0.39, 0.29) is 5.82 Å². The second-order valence-electron chi connectivity index (χ2n) is 5.95. The maximum absolute atomic E-state index is 13.1. The first-order chi connectivity index (χ1) is 11.6. The molecule has 0 unspecified atom stereocenters. The Bertz CT molecular complexity index is 798. The van der Waals surface area contributed by atoms with E-state index in [0.717, 1.165) is 36.3 Å². The maximum atomic E-state index is 13.1. The van der Waals surface area contributed by atoms with Crippen molar-refractivity contribution in [1.82, 2.24) is 19.5 Å². The van der Waals surface area contributed by atoms with Crippen molar-refractivity contribution in [1.29, 1.82) is 0 Å². The molecule has 0 bridgehead atoms. The molecule has 5 nitrogen and oxygen atoms in total. The summed E-state index contributed by atoms with van der Waals surface area (Å²) in [6.45, 7) is 1.68. The van der Waals surface area contributed by atoms with Gasteiger partial charge in [-0.05, 0) is 63.8 Å². The first-order valence-electron chi connectivity index (χ1n) is 8.02. The summed E-state index contributed by atoms with van der Waals surface area (Å²) in [6.07, 6.45) is 3.80. The van der Waals surface area contributed by atoms with Crippen LogP contribution in [-0.4, -0.2) is 46.7 Å². The molecule has 0 saturated heterocycles. The van der Waals surface area contributed by atoms with Crippen molar-refractivity contribution in [2.45, 2.75) is 12.8 Å². The van der Waals surface area contributed by atoms with Gasteiger partial charge in [0.15, 0.2) is 5.65 Å². The lowest BCUT2D eigenvalue weighted by atomic mass is 10.2. The Morgan fingerprint density at radius 1 is 1.08 bits per heavy atom. The van der Waals surface area contributed by atoms with Gasteiger partial charge in [0.25, 0.3) is 0 Å². The van der Waals surface area contributed by atoms with E-state index >= 15 is 0 Å². The summed E-state index contributed by atoms with van der Waals surface area (Å²) in [6, 6.07) is 9.99. The Kier molecular flexibility index (Phi) is 5.05. The van der Waals surface area contributed by atoms with Gasteiger partial charge in [-0.15, -0.1) is 5.10 Å². The van der Waals surface area contributed by atoms with Gasteiger partial charge in [0.05, 0.1) is 18.5 Å². The van der Waals surface area contributed by atoms with Crippen molar-refractivity contribution in [2.24, 2.45) is 0 Å². The third kappa shape index (κ3) is 3.89. The molecule has 3 rings (SSSR count). The zero-order valence-electron chi connectivity index (χ0n) is 13.9. The standard InChI is InChI=1S/C18H21FN4O/c1-22(2)11-3-4-12-24-18-10-9-17-20-13-16(23(17)21-18)14-5-7-15(19)8-6-14/h5-10,13H,3-4,11-12H2,1-2H3. The molecule has 0 atom stereocenters. The van der Waals surface area contributed by atoms with Crippen LogP contribution < -0.4 is 4.74 Å². The first kappa shape index (κ1) is 16.4. The predicted octanol–water partition coefficient (Wildman–Crippen LogP) is 3.26. The minimum Gasteiger partial charge on any atom is -0.477 e. The zero-order chi connectivity index (χ0) is 16.9. The minimum atomic E-state index is -0.262. The van der Waals surface area contributed by atoms with Gasteiger partial charge in [-0.3, -0.25) is 0 Å². The Balaban J connectivity index is 1.73. The smallest absolute Gasteiger partial charge is 0.231 e.